The molecule has 0 aliphatic carbocycles. The van der Waals surface area contributed by atoms with Gasteiger partial charge >= 0.3 is 0 Å². The quantitative estimate of drug-likeness (QED) is 0.449. The minimum absolute atomic E-state index is 0.0282. The molecule has 0 bridgehead atoms. The summed E-state index contributed by atoms with van der Waals surface area (Å²) < 4.78 is 5.41. The van der Waals surface area contributed by atoms with Crippen molar-refractivity contribution in [3.05, 3.63) is 0 Å². The summed E-state index contributed by atoms with van der Waals surface area (Å²) in [5.74, 6) is -0.0282. The first-order chi connectivity index (χ1) is 9.61. The van der Waals surface area contributed by atoms with Crippen LogP contribution < -0.4 is 10.6 Å². The molecule has 5 heteroatoms. The van der Waals surface area contributed by atoms with Crippen molar-refractivity contribution in [2.75, 3.05) is 26.3 Å². The van der Waals surface area contributed by atoms with Gasteiger partial charge in [-0.2, -0.15) is 0 Å². The molecule has 0 saturated carbocycles. The summed E-state index contributed by atoms with van der Waals surface area (Å²) in [6.07, 6.45) is 5.03. The van der Waals surface area contributed by atoms with Crippen molar-refractivity contribution >= 4 is 5.91 Å². The van der Waals surface area contributed by atoms with Gasteiger partial charge in [-0.3, -0.25) is 4.79 Å². The molecule has 0 aliphatic heterocycles. The second-order valence-electron chi connectivity index (χ2n) is 5.21. The summed E-state index contributed by atoms with van der Waals surface area (Å²) in [6.45, 7) is 8.06. The maximum absolute atomic E-state index is 11.6. The van der Waals surface area contributed by atoms with E-state index < -0.39 is 6.10 Å². The van der Waals surface area contributed by atoms with Gasteiger partial charge in [0.25, 0.3) is 0 Å². The standard InChI is InChI=1S/C15H32N2O3/c1-4-6-7-8-10-20-12-14(18)11-17-13(3)15(19)16-9-5-2/h13-14,17-18H,4-12H2,1-3H3,(H,16,19). The number of aliphatic hydroxyl groups is 1. The van der Waals surface area contributed by atoms with Crippen molar-refractivity contribution in [1.82, 2.24) is 10.6 Å². The molecule has 1 amide bonds. The van der Waals surface area contributed by atoms with Crippen LogP contribution in [-0.4, -0.2) is 49.5 Å². The third-order valence-electron chi connectivity index (χ3n) is 3.05. The first-order valence-corrected chi connectivity index (χ1v) is 7.88. The number of hydrogen-bond donors (Lipinski definition) is 3. The molecule has 120 valence electrons. The van der Waals surface area contributed by atoms with E-state index in [2.05, 4.69) is 17.6 Å². The molecular weight excluding hydrogens is 256 g/mol. The molecule has 0 aromatic carbocycles. The number of nitrogens with one attached hydrogen (secondary N) is 2. The minimum atomic E-state index is -0.567. The Morgan fingerprint density at radius 2 is 1.95 bits per heavy atom. The predicted octanol–water partition coefficient (Wildman–Crippen LogP) is 1.45. The lowest BCUT2D eigenvalue weighted by Gasteiger charge is -2.17. The average Bonchev–Trinajstić information content (AvgIpc) is 2.45. The van der Waals surface area contributed by atoms with Gasteiger partial charge in [0, 0.05) is 19.7 Å². The van der Waals surface area contributed by atoms with E-state index in [9.17, 15) is 9.90 Å². The molecule has 0 rings (SSSR count). The lowest BCUT2D eigenvalue weighted by atomic mass is 10.2. The number of hydrogen-bond acceptors (Lipinski definition) is 4. The van der Waals surface area contributed by atoms with Gasteiger partial charge in [-0.05, 0) is 19.8 Å². The number of aliphatic hydroxyl groups excluding tert-OH is 1. The summed E-state index contributed by atoms with van der Waals surface area (Å²) in [5, 5.41) is 15.6. The Hall–Kier alpha value is -0.650. The van der Waals surface area contributed by atoms with E-state index in [1.807, 2.05) is 6.92 Å². The number of carbonyl (C=O) groups excluding carboxylic acids is 1. The van der Waals surface area contributed by atoms with Crippen LogP contribution in [0.2, 0.25) is 0 Å². The van der Waals surface area contributed by atoms with Gasteiger partial charge in [0.05, 0.1) is 18.8 Å². The molecule has 0 aliphatic rings. The molecule has 0 radical (unpaired) electrons. The molecule has 0 saturated heterocycles. The van der Waals surface area contributed by atoms with Crippen molar-refractivity contribution in [2.24, 2.45) is 0 Å². The molecule has 3 N–H and O–H groups in total. The average molecular weight is 288 g/mol. The largest absolute Gasteiger partial charge is 0.389 e. The highest BCUT2D eigenvalue weighted by Gasteiger charge is 2.13. The SMILES string of the molecule is CCCCCCOCC(O)CNC(C)C(=O)NCCC. The molecule has 0 fully saturated rings. The molecule has 0 spiro atoms. The first kappa shape index (κ1) is 19.4. The van der Waals surface area contributed by atoms with Crippen molar-refractivity contribution < 1.29 is 14.6 Å². The fourth-order valence-electron chi connectivity index (χ4n) is 1.72. The Kier molecular flexibility index (Phi) is 12.9. The van der Waals surface area contributed by atoms with Gasteiger partial charge in [0.1, 0.15) is 0 Å². The molecule has 20 heavy (non-hydrogen) atoms. The molecule has 5 nitrogen and oxygen atoms in total. The lowest BCUT2D eigenvalue weighted by Crippen LogP contribution is -2.45. The number of ether oxygens (including phenoxy) is 1. The molecule has 0 aromatic heterocycles. The monoisotopic (exact) mass is 288 g/mol. The van der Waals surface area contributed by atoms with Crippen LogP contribution in [0.3, 0.4) is 0 Å². The summed E-state index contributed by atoms with van der Waals surface area (Å²) >= 11 is 0. The van der Waals surface area contributed by atoms with E-state index in [0.717, 1.165) is 12.8 Å². The molecule has 2 unspecified atom stereocenters. The number of unbranched alkanes of at least 4 members (excludes halogenated alkanes) is 3. The van der Waals surface area contributed by atoms with Crippen molar-refractivity contribution in [3.63, 3.8) is 0 Å². The highest BCUT2D eigenvalue weighted by molar-refractivity contribution is 5.81. The van der Waals surface area contributed by atoms with Crippen molar-refractivity contribution in [3.8, 4) is 0 Å². The van der Waals surface area contributed by atoms with Gasteiger partial charge in [0.15, 0.2) is 0 Å². The van der Waals surface area contributed by atoms with Crippen LogP contribution in [0.5, 0.6) is 0 Å². The van der Waals surface area contributed by atoms with Gasteiger partial charge < -0.3 is 20.5 Å². The van der Waals surface area contributed by atoms with Crippen LogP contribution in [0.1, 0.15) is 52.9 Å². The first-order valence-electron chi connectivity index (χ1n) is 7.88. The summed E-state index contributed by atoms with van der Waals surface area (Å²) in [5.41, 5.74) is 0. The normalized spacial score (nSPS) is 14.0. The van der Waals surface area contributed by atoms with Crippen LogP contribution in [0, 0.1) is 0 Å². The lowest BCUT2D eigenvalue weighted by molar-refractivity contribution is -0.122. The maximum atomic E-state index is 11.6. The van der Waals surface area contributed by atoms with Crippen LogP contribution in [0.25, 0.3) is 0 Å². The smallest absolute Gasteiger partial charge is 0.236 e. The van der Waals surface area contributed by atoms with Crippen LogP contribution in [-0.2, 0) is 9.53 Å². The minimum Gasteiger partial charge on any atom is -0.389 e. The number of carbonyl (C=O) groups is 1. The summed E-state index contributed by atoms with van der Waals surface area (Å²) in [7, 11) is 0. The van der Waals surface area contributed by atoms with Crippen LogP contribution >= 0.6 is 0 Å². The fourth-order valence-corrected chi connectivity index (χ4v) is 1.72. The van der Waals surface area contributed by atoms with Gasteiger partial charge in [-0.1, -0.05) is 33.1 Å². The van der Waals surface area contributed by atoms with E-state index in [4.69, 9.17) is 4.74 Å². The van der Waals surface area contributed by atoms with E-state index in [-0.39, 0.29) is 11.9 Å². The zero-order chi connectivity index (χ0) is 15.2. The fraction of sp³-hybridized carbons (Fsp3) is 0.933. The number of amides is 1. The molecule has 0 aromatic rings. The van der Waals surface area contributed by atoms with Gasteiger partial charge in [-0.15, -0.1) is 0 Å². The topological polar surface area (TPSA) is 70.6 Å². The Balaban J connectivity index is 3.51. The van der Waals surface area contributed by atoms with Crippen LogP contribution in [0.15, 0.2) is 0 Å². The highest BCUT2D eigenvalue weighted by Crippen LogP contribution is 1.99. The second kappa shape index (κ2) is 13.3. The van der Waals surface area contributed by atoms with Crippen LogP contribution in [0.4, 0.5) is 0 Å². The van der Waals surface area contributed by atoms with E-state index in [1.54, 1.807) is 6.92 Å². The Bertz CT molecular complexity index is 237. The Morgan fingerprint density at radius 3 is 2.60 bits per heavy atom. The molecule has 2 atom stereocenters. The molecular formula is C15H32N2O3. The zero-order valence-electron chi connectivity index (χ0n) is 13.3. The highest BCUT2D eigenvalue weighted by atomic mass is 16.5. The van der Waals surface area contributed by atoms with Crippen molar-refractivity contribution in [1.29, 1.82) is 0 Å². The maximum Gasteiger partial charge on any atom is 0.236 e. The van der Waals surface area contributed by atoms with E-state index in [0.29, 0.717) is 26.3 Å². The number of rotatable bonds is 13. The van der Waals surface area contributed by atoms with E-state index in [1.165, 1.54) is 19.3 Å². The third kappa shape index (κ3) is 11.2. The third-order valence-corrected chi connectivity index (χ3v) is 3.05. The van der Waals surface area contributed by atoms with E-state index >= 15 is 0 Å². The zero-order valence-corrected chi connectivity index (χ0v) is 13.3. The summed E-state index contributed by atoms with van der Waals surface area (Å²) in [4.78, 5) is 11.6. The predicted molar refractivity (Wildman–Crippen MR) is 81.7 cm³/mol. The van der Waals surface area contributed by atoms with Crippen molar-refractivity contribution in [2.45, 2.75) is 65.0 Å². The van der Waals surface area contributed by atoms with Gasteiger partial charge in [-0.25, -0.2) is 0 Å². The Labute approximate surface area is 123 Å². The summed E-state index contributed by atoms with van der Waals surface area (Å²) in [6, 6.07) is -0.291. The van der Waals surface area contributed by atoms with Gasteiger partial charge in [0.2, 0.25) is 5.91 Å². The molecule has 0 heterocycles. The Morgan fingerprint density at radius 1 is 1.20 bits per heavy atom. The second-order valence-corrected chi connectivity index (χ2v) is 5.21.